The Morgan fingerprint density at radius 1 is 1.24 bits per heavy atom. The standard InChI is InChI=1S/C22H30N4O6S2/c1-15(32-29)25-19(27)18(20(28)26(22(25)33)16-7-5-4-6-8-16)13-17-14-23-21(34-17)24(9-11-30-2)10-12-31-3/h13-14,16,29H,1,4-12H2,2-3H3. The summed E-state index contributed by atoms with van der Waals surface area (Å²) in [6.07, 6.45) is 7.72. The molecule has 1 aliphatic heterocycles. The van der Waals surface area contributed by atoms with Crippen LogP contribution in [0.2, 0.25) is 0 Å². The fraction of sp³-hybridized carbons (Fsp3) is 0.545. The maximum Gasteiger partial charge on any atom is 0.272 e. The third-order valence-electron chi connectivity index (χ3n) is 5.77. The maximum absolute atomic E-state index is 13.5. The van der Waals surface area contributed by atoms with E-state index in [2.05, 4.69) is 16.5 Å². The molecule has 10 nitrogen and oxygen atoms in total. The molecule has 1 aliphatic carbocycles. The minimum Gasteiger partial charge on any atom is -0.383 e. The number of methoxy groups -OCH3 is 2. The van der Waals surface area contributed by atoms with Gasteiger partial charge in [-0.25, -0.2) is 15.1 Å². The molecule has 0 aromatic carbocycles. The van der Waals surface area contributed by atoms with Crippen molar-refractivity contribution in [2.45, 2.75) is 38.1 Å². The molecule has 34 heavy (non-hydrogen) atoms. The van der Waals surface area contributed by atoms with Crippen molar-refractivity contribution in [3.05, 3.63) is 29.1 Å². The van der Waals surface area contributed by atoms with Crippen molar-refractivity contribution in [2.75, 3.05) is 45.4 Å². The quantitative estimate of drug-likeness (QED) is 0.120. The summed E-state index contributed by atoms with van der Waals surface area (Å²) in [6, 6.07) is -0.130. The maximum atomic E-state index is 13.5. The minimum atomic E-state index is -0.702. The van der Waals surface area contributed by atoms with E-state index in [-0.39, 0.29) is 22.6 Å². The van der Waals surface area contributed by atoms with Crippen LogP contribution in [0.3, 0.4) is 0 Å². The monoisotopic (exact) mass is 510 g/mol. The van der Waals surface area contributed by atoms with Gasteiger partial charge in [-0.05, 0) is 37.7 Å². The summed E-state index contributed by atoms with van der Waals surface area (Å²) in [5, 5.41) is 9.84. The highest BCUT2D eigenvalue weighted by molar-refractivity contribution is 7.80. The van der Waals surface area contributed by atoms with E-state index in [1.807, 2.05) is 4.90 Å². The molecule has 1 aromatic heterocycles. The molecule has 1 aromatic rings. The van der Waals surface area contributed by atoms with E-state index in [4.69, 9.17) is 26.9 Å². The van der Waals surface area contributed by atoms with Crippen LogP contribution in [0.4, 0.5) is 5.13 Å². The molecule has 2 amide bonds. The molecule has 2 fully saturated rings. The SMILES string of the molecule is C=C(OO)N1C(=O)C(=Cc2cnc(N(CCOC)CCOC)s2)C(=O)N(C2CCCCC2)C1=S. The number of aromatic nitrogens is 1. The van der Waals surface area contributed by atoms with Crippen LogP contribution in [0.5, 0.6) is 0 Å². The fourth-order valence-corrected chi connectivity index (χ4v) is 5.33. The second kappa shape index (κ2) is 12.4. The van der Waals surface area contributed by atoms with Gasteiger partial charge in [-0.2, -0.15) is 0 Å². The van der Waals surface area contributed by atoms with Crippen LogP contribution in [0.1, 0.15) is 37.0 Å². The van der Waals surface area contributed by atoms with Crippen molar-refractivity contribution in [1.82, 2.24) is 14.8 Å². The Balaban J connectivity index is 1.93. The average molecular weight is 511 g/mol. The Morgan fingerprint density at radius 2 is 1.88 bits per heavy atom. The molecule has 1 saturated heterocycles. The third kappa shape index (κ3) is 5.81. The molecule has 0 bridgehead atoms. The molecule has 1 N–H and O–H groups in total. The van der Waals surface area contributed by atoms with E-state index in [1.165, 1.54) is 22.3 Å². The van der Waals surface area contributed by atoms with Gasteiger partial charge in [0.1, 0.15) is 5.57 Å². The molecule has 2 aliphatic rings. The van der Waals surface area contributed by atoms with E-state index < -0.39 is 11.8 Å². The van der Waals surface area contributed by atoms with E-state index in [9.17, 15) is 9.59 Å². The zero-order valence-corrected chi connectivity index (χ0v) is 21.0. The van der Waals surface area contributed by atoms with Gasteiger partial charge in [0.2, 0.25) is 5.88 Å². The molecule has 0 atom stereocenters. The molecule has 12 heteroatoms. The van der Waals surface area contributed by atoms with Crippen molar-refractivity contribution >= 4 is 51.7 Å². The second-order valence-electron chi connectivity index (χ2n) is 7.95. The van der Waals surface area contributed by atoms with Crippen LogP contribution < -0.4 is 4.90 Å². The normalized spacial score (nSPS) is 18.7. The van der Waals surface area contributed by atoms with Crippen molar-refractivity contribution < 1.29 is 29.2 Å². The molecule has 3 rings (SSSR count). The summed E-state index contributed by atoms with van der Waals surface area (Å²) in [4.78, 5) is 40.4. The van der Waals surface area contributed by atoms with Gasteiger partial charge in [0.25, 0.3) is 11.8 Å². The number of carbonyl (C=O) groups excluding carboxylic acids is 2. The topological polar surface area (TPSA) is 105 Å². The number of hydrogen-bond donors (Lipinski definition) is 1. The van der Waals surface area contributed by atoms with Gasteiger partial charge < -0.3 is 19.3 Å². The van der Waals surface area contributed by atoms with Crippen LogP contribution in [0.15, 0.2) is 24.2 Å². The summed E-state index contributed by atoms with van der Waals surface area (Å²) >= 11 is 6.80. The number of ether oxygens (including phenoxy) is 2. The molecule has 186 valence electrons. The number of thiazole rings is 1. The minimum absolute atomic E-state index is 0.0339. The van der Waals surface area contributed by atoms with Crippen LogP contribution >= 0.6 is 23.6 Å². The molecule has 2 heterocycles. The lowest BCUT2D eigenvalue weighted by Crippen LogP contribution is -2.59. The van der Waals surface area contributed by atoms with Crippen molar-refractivity contribution in [1.29, 1.82) is 0 Å². The molecule has 1 saturated carbocycles. The predicted octanol–water partition coefficient (Wildman–Crippen LogP) is 2.87. The summed E-state index contributed by atoms with van der Waals surface area (Å²) in [6.45, 7) is 5.84. The summed E-state index contributed by atoms with van der Waals surface area (Å²) in [7, 11) is 3.26. The second-order valence-corrected chi connectivity index (χ2v) is 9.36. The zero-order valence-electron chi connectivity index (χ0n) is 19.4. The van der Waals surface area contributed by atoms with Gasteiger partial charge in [0, 0.05) is 39.5 Å². The number of hydrogen-bond acceptors (Lipinski definition) is 10. The zero-order chi connectivity index (χ0) is 24.7. The molecule has 0 radical (unpaired) electrons. The van der Waals surface area contributed by atoms with Crippen LogP contribution in [-0.2, 0) is 24.0 Å². The van der Waals surface area contributed by atoms with Crippen molar-refractivity contribution in [3.8, 4) is 0 Å². The molecule has 0 spiro atoms. The first kappa shape index (κ1) is 26.2. The first-order chi connectivity index (χ1) is 16.4. The van der Waals surface area contributed by atoms with E-state index >= 15 is 0 Å². The number of amides is 2. The van der Waals surface area contributed by atoms with Gasteiger partial charge in [0.05, 0.1) is 18.1 Å². The van der Waals surface area contributed by atoms with Gasteiger partial charge in [-0.3, -0.25) is 14.5 Å². The third-order valence-corrected chi connectivity index (χ3v) is 7.16. The van der Waals surface area contributed by atoms with Crippen molar-refractivity contribution in [2.24, 2.45) is 0 Å². The fourth-order valence-electron chi connectivity index (χ4n) is 4.01. The van der Waals surface area contributed by atoms with E-state index in [0.717, 1.165) is 42.1 Å². The Morgan fingerprint density at radius 3 is 2.47 bits per heavy atom. The molecule has 0 unspecified atom stereocenters. The van der Waals surface area contributed by atoms with Gasteiger partial charge in [-0.1, -0.05) is 30.6 Å². The van der Waals surface area contributed by atoms with Crippen LogP contribution in [-0.4, -0.2) is 83.5 Å². The lowest BCUT2D eigenvalue weighted by molar-refractivity contribution is -0.219. The number of rotatable bonds is 11. The predicted molar refractivity (Wildman–Crippen MR) is 132 cm³/mol. The highest BCUT2D eigenvalue weighted by Crippen LogP contribution is 2.32. The van der Waals surface area contributed by atoms with Gasteiger partial charge in [0.15, 0.2) is 10.2 Å². The Bertz CT molecular complexity index is 936. The molecular formula is C22H30N4O6S2. The molecular weight excluding hydrogens is 480 g/mol. The Kier molecular flexibility index (Phi) is 9.54. The van der Waals surface area contributed by atoms with Gasteiger partial charge in [-0.15, -0.1) is 0 Å². The van der Waals surface area contributed by atoms with Crippen LogP contribution in [0.25, 0.3) is 6.08 Å². The number of nitrogens with zero attached hydrogens (tertiary/aromatic N) is 4. The highest BCUT2D eigenvalue weighted by atomic mass is 32.1. The number of thiocarbonyl (C=S) groups is 1. The van der Waals surface area contributed by atoms with E-state index in [1.54, 1.807) is 20.4 Å². The summed E-state index contributed by atoms with van der Waals surface area (Å²) < 4.78 is 10.4. The summed E-state index contributed by atoms with van der Waals surface area (Å²) in [5.74, 6) is -1.52. The first-order valence-electron chi connectivity index (χ1n) is 11.1. The van der Waals surface area contributed by atoms with E-state index in [0.29, 0.717) is 31.2 Å². The number of carbonyl (C=O) groups is 2. The lowest BCUT2D eigenvalue weighted by Gasteiger charge is -2.41. The average Bonchev–Trinajstić information content (AvgIpc) is 3.31. The largest absolute Gasteiger partial charge is 0.383 e. The first-order valence-corrected chi connectivity index (χ1v) is 12.3. The lowest BCUT2D eigenvalue weighted by atomic mass is 9.93. The van der Waals surface area contributed by atoms with Gasteiger partial charge >= 0.3 is 0 Å². The van der Waals surface area contributed by atoms with Crippen LogP contribution in [0, 0.1) is 0 Å². The Hall–Kier alpha value is -2.38. The van der Waals surface area contributed by atoms with Crippen molar-refractivity contribution in [3.63, 3.8) is 0 Å². The Labute approximate surface area is 208 Å². The summed E-state index contributed by atoms with van der Waals surface area (Å²) in [5.41, 5.74) is -0.0899. The number of anilines is 1. The smallest absolute Gasteiger partial charge is 0.272 e. The highest BCUT2D eigenvalue weighted by Gasteiger charge is 2.44.